The molecule has 192 valence electrons. The van der Waals surface area contributed by atoms with E-state index in [1.807, 2.05) is 50.8 Å². The van der Waals surface area contributed by atoms with Crippen LogP contribution in [0, 0.1) is 12.7 Å². The van der Waals surface area contributed by atoms with Gasteiger partial charge in [-0.2, -0.15) is 0 Å². The highest BCUT2D eigenvalue weighted by atomic mass is 32.1. The molecule has 1 fully saturated rings. The predicted molar refractivity (Wildman–Crippen MR) is 141 cm³/mol. The number of anilines is 2. The predicted octanol–water partition coefficient (Wildman–Crippen LogP) is 4.36. The lowest BCUT2D eigenvalue weighted by Gasteiger charge is -2.36. The van der Waals surface area contributed by atoms with Crippen LogP contribution in [-0.2, 0) is 11.2 Å². The molecule has 2 amide bonds. The number of thiophene rings is 1. The van der Waals surface area contributed by atoms with E-state index >= 15 is 0 Å². The van der Waals surface area contributed by atoms with Gasteiger partial charge in [-0.25, -0.2) is 14.2 Å². The number of ether oxygens (including phenoxy) is 1. The minimum atomic E-state index is -0.545. The lowest BCUT2D eigenvalue weighted by Crippen LogP contribution is -2.50. The quantitative estimate of drug-likeness (QED) is 0.526. The fourth-order valence-corrected chi connectivity index (χ4v) is 5.13. The molecule has 4 rings (SSSR count). The van der Waals surface area contributed by atoms with Crippen molar-refractivity contribution in [1.29, 1.82) is 0 Å². The largest absolute Gasteiger partial charge is 0.444 e. The fourth-order valence-electron chi connectivity index (χ4n) is 4.08. The first kappa shape index (κ1) is 25.7. The van der Waals surface area contributed by atoms with Gasteiger partial charge in [-0.1, -0.05) is 6.07 Å². The molecule has 0 spiro atoms. The molecule has 0 radical (unpaired) electrons. The number of piperazine rings is 1. The lowest BCUT2D eigenvalue weighted by atomic mass is 10.1. The Labute approximate surface area is 214 Å². The van der Waals surface area contributed by atoms with Gasteiger partial charge in [-0.15, -0.1) is 11.3 Å². The van der Waals surface area contributed by atoms with E-state index in [0.29, 0.717) is 55.4 Å². The highest BCUT2D eigenvalue weighted by Gasteiger charge is 2.27. The zero-order chi connectivity index (χ0) is 26.0. The van der Waals surface area contributed by atoms with E-state index in [2.05, 4.69) is 10.3 Å². The van der Waals surface area contributed by atoms with Gasteiger partial charge in [0.2, 0.25) is 0 Å². The standard InChI is InChI=1S/C26H32FN5O3S/c1-16-5-7-18-21(28)22(36-24(18)30-16)23(33)29-10-9-17-6-8-20(19(27)15-17)31-11-13-32(14-12-31)25(34)35-26(2,3)4/h5-8,15H,9-14,28H2,1-4H3,(H,29,33). The van der Waals surface area contributed by atoms with Crippen molar-refractivity contribution in [3.05, 3.63) is 52.3 Å². The van der Waals surface area contributed by atoms with Crippen LogP contribution in [0.5, 0.6) is 0 Å². The summed E-state index contributed by atoms with van der Waals surface area (Å²) in [5.74, 6) is -0.576. The van der Waals surface area contributed by atoms with E-state index in [1.54, 1.807) is 11.0 Å². The molecule has 0 aliphatic carbocycles. The number of rotatable bonds is 5. The topological polar surface area (TPSA) is 101 Å². The van der Waals surface area contributed by atoms with Crippen molar-refractivity contribution < 1.29 is 18.7 Å². The van der Waals surface area contributed by atoms with Crippen molar-refractivity contribution >= 4 is 44.9 Å². The number of benzene rings is 1. The Morgan fingerprint density at radius 1 is 1.17 bits per heavy atom. The Hall–Kier alpha value is -3.40. The van der Waals surface area contributed by atoms with Crippen LogP contribution in [0.3, 0.4) is 0 Å². The van der Waals surface area contributed by atoms with E-state index in [1.165, 1.54) is 17.4 Å². The molecular formula is C26H32FN5O3S. The Bertz CT molecular complexity index is 1280. The molecule has 1 aliphatic heterocycles. The van der Waals surface area contributed by atoms with Crippen molar-refractivity contribution in [3.8, 4) is 0 Å². The number of hydrogen-bond donors (Lipinski definition) is 2. The monoisotopic (exact) mass is 513 g/mol. The maximum atomic E-state index is 14.9. The number of nitrogens with two attached hydrogens (primary N) is 1. The number of nitrogen functional groups attached to an aromatic ring is 1. The second-order valence-electron chi connectivity index (χ2n) is 9.90. The highest BCUT2D eigenvalue weighted by molar-refractivity contribution is 7.21. The number of halogens is 1. The van der Waals surface area contributed by atoms with Gasteiger partial charge in [-0.3, -0.25) is 4.79 Å². The molecule has 10 heteroatoms. The van der Waals surface area contributed by atoms with Crippen LogP contribution in [0.2, 0.25) is 0 Å². The minimum Gasteiger partial charge on any atom is -0.444 e. The first-order valence-corrected chi connectivity index (χ1v) is 12.8. The number of pyridine rings is 1. The van der Waals surface area contributed by atoms with E-state index in [4.69, 9.17) is 10.5 Å². The van der Waals surface area contributed by atoms with Gasteiger partial charge in [0.1, 0.15) is 21.1 Å². The number of nitrogens with one attached hydrogen (secondary N) is 1. The minimum absolute atomic E-state index is 0.256. The fraction of sp³-hybridized carbons (Fsp3) is 0.423. The second kappa shape index (κ2) is 10.3. The van der Waals surface area contributed by atoms with Crippen molar-refractivity contribution in [2.45, 2.75) is 39.7 Å². The van der Waals surface area contributed by atoms with E-state index < -0.39 is 5.60 Å². The average molecular weight is 514 g/mol. The highest BCUT2D eigenvalue weighted by Crippen LogP contribution is 2.32. The van der Waals surface area contributed by atoms with Crippen molar-refractivity contribution in [3.63, 3.8) is 0 Å². The third kappa shape index (κ3) is 5.87. The van der Waals surface area contributed by atoms with Gasteiger partial charge >= 0.3 is 6.09 Å². The average Bonchev–Trinajstić information content (AvgIpc) is 3.13. The molecule has 3 aromatic rings. The SMILES string of the molecule is Cc1ccc2c(N)c(C(=O)NCCc3ccc(N4CCN(C(=O)OC(C)(C)C)CC4)c(F)c3)sc2n1. The van der Waals surface area contributed by atoms with Crippen LogP contribution in [0.1, 0.15) is 41.7 Å². The smallest absolute Gasteiger partial charge is 0.410 e. The van der Waals surface area contributed by atoms with Gasteiger partial charge in [0.25, 0.3) is 5.91 Å². The van der Waals surface area contributed by atoms with Crippen LogP contribution >= 0.6 is 11.3 Å². The molecule has 0 unspecified atom stereocenters. The molecule has 1 saturated heterocycles. The summed E-state index contributed by atoms with van der Waals surface area (Å²) >= 11 is 1.27. The molecule has 0 bridgehead atoms. The molecule has 3 heterocycles. The van der Waals surface area contributed by atoms with Crippen LogP contribution in [0.15, 0.2) is 30.3 Å². The van der Waals surface area contributed by atoms with Crippen molar-refractivity contribution in [2.24, 2.45) is 0 Å². The van der Waals surface area contributed by atoms with Crippen LogP contribution in [0.25, 0.3) is 10.2 Å². The zero-order valence-electron chi connectivity index (χ0n) is 21.1. The van der Waals surface area contributed by atoms with Crippen molar-refractivity contribution in [1.82, 2.24) is 15.2 Å². The van der Waals surface area contributed by atoms with Crippen LogP contribution in [-0.4, -0.2) is 60.2 Å². The molecule has 3 N–H and O–H groups in total. The number of aryl methyl sites for hydroxylation is 1. The molecule has 0 atom stereocenters. The molecule has 8 nitrogen and oxygen atoms in total. The summed E-state index contributed by atoms with van der Waals surface area (Å²) in [6.45, 7) is 9.74. The molecule has 2 aromatic heterocycles. The summed E-state index contributed by atoms with van der Waals surface area (Å²) in [5, 5.41) is 3.65. The summed E-state index contributed by atoms with van der Waals surface area (Å²) in [4.78, 5) is 34.1. The lowest BCUT2D eigenvalue weighted by molar-refractivity contribution is 0.0240. The maximum Gasteiger partial charge on any atom is 0.410 e. The van der Waals surface area contributed by atoms with E-state index in [0.717, 1.165) is 21.5 Å². The summed E-state index contributed by atoms with van der Waals surface area (Å²) in [5.41, 5.74) is 8.20. The summed E-state index contributed by atoms with van der Waals surface area (Å²) in [6.07, 6.45) is 0.140. The van der Waals surface area contributed by atoms with Gasteiger partial charge in [0, 0.05) is 43.8 Å². The summed E-state index contributed by atoms with van der Waals surface area (Å²) < 4.78 is 20.3. The first-order chi connectivity index (χ1) is 17.0. The van der Waals surface area contributed by atoms with Crippen LogP contribution < -0.4 is 16.0 Å². The Kier molecular flexibility index (Phi) is 7.35. The Balaban J connectivity index is 1.30. The molecule has 1 aromatic carbocycles. The van der Waals surface area contributed by atoms with Gasteiger partial charge in [0.15, 0.2) is 0 Å². The number of hydrogen-bond acceptors (Lipinski definition) is 7. The normalized spacial score (nSPS) is 14.2. The molecule has 1 aliphatic rings. The second-order valence-corrected chi connectivity index (χ2v) is 10.9. The summed E-state index contributed by atoms with van der Waals surface area (Å²) in [6, 6.07) is 8.87. The number of nitrogens with zero attached hydrogens (tertiary/aromatic N) is 3. The molecular weight excluding hydrogens is 481 g/mol. The number of fused-ring (bicyclic) bond motifs is 1. The Morgan fingerprint density at radius 3 is 2.56 bits per heavy atom. The molecule has 36 heavy (non-hydrogen) atoms. The van der Waals surface area contributed by atoms with Crippen molar-refractivity contribution in [2.75, 3.05) is 43.4 Å². The van der Waals surface area contributed by atoms with Gasteiger partial charge in [-0.05, 0) is 63.9 Å². The Morgan fingerprint density at radius 2 is 1.89 bits per heavy atom. The van der Waals surface area contributed by atoms with Gasteiger partial charge in [0.05, 0.1) is 11.4 Å². The first-order valence-electron chi connectivity index (χ1n) is 12.0. The number of carbonyl (C=O) groups excluding carboxylic acids is 2. The van der Waals surface area contributed by atoms with E-state index in [9.17, 15) is 14.0 Å². The third-order valence-electron chi connectivity index (χ3n) is 5.92. The van der Waals surface area contributed by atoms with E-state index in [-0.39, 0.29) is 17.8 Å². The number of carbonyl (C=O) groups is 2. The third-order valence-corrected chi connectivity index (χ3v) is 7.04. The van der Waals surface area contributed by atoms with Crippen LogP contribution in [0.4, 0.5) is 20.6 Å². The number of aromatic nitrogens is 1. The molecule has 0 saturated carbocycles. The summed E-state index contributed by atoms with van der Waals surface area (Å²) in [7, 11) is 0. The maximum absolute atomic E-state index is 14.9. The number of amides is 2. The van der Waals surface area contributed by atoms with Gasteiger partial charge < -0.3 is 25.6 Å². The zero-order valence-corrected chi connectivity index (χ0v) is 21.9.